The van der Waals surface area contributed by atoms with Crippen molar-refractivity contribution in [2.75, 3.05) is 6.54 Å². The van der Waals surface area contributed by atoms with E-state index < -0.39 is 11.4 Å². The molecule has 1 fully saturated rings. The van der Waals surface area contributed by atoms with Crippen molar-refractivity contribution in [3.8, 4) is 0 Å². The van der Waals surface area contributed by atoms with E-state index in [9.17, 15) is 14.7 Å². The third-order valence-electron chi connectivity index (χ3n) is 5.62. The van der Waals surface area contributed by atoms with Crippen molar-refractivity contribution in [1.29, 1.82) is 0 Å². The second-order valence-electron chi connectivity index (χ2n) is 7.25. The van der Waals surface area contributed by atoms with E-state index in [1.54, 1.807) is 4.68 Å². The van der Waals surface area contributed by atoms with Gasteiger partial charge >= 0.3 is 5.97 Å². The van der Waals surface area contributed by atoms with Gasteiger partial charge in [0.25, 0.3) is 5.91 Å². The van der Waals surface area contributed by atoms with Gasteiger partial charge < -0.3 is 10.4 Å². The number of rotatable bonds is 7. The Bertz CT molecular complexity index is 863. The second-order valence-corrected chi connectivity index (χ2v) is 7.25. The van der Waals surface area contributed by atoms with E-state index in [0.29, 0.717) is 30.0 Å². The van der Waals surface area contributed by atoms with Gasteiger partial charge in [0.15, 0.2) is 5.65 Å². The van der Waals surface area contributed by atoms with Crippen molar-refractivity contribution in [2.45, 2.75) is 52.4 Å². The van der Waals surface area contributed by atoms with E-state index in [0.717, 1.165) is 29.6 Å². The number of aromatic nitrogens is 3. The number of pyridine rings is 1. The number of fused-ring (bicyclic) bond motifs is 1. The highest BCUT2D eigenvalue weighted by atomic mass is 16.4. The van der Waals surface area contributed by atoms with E-state index in [4.69, 9.17) is 4.98 Å². The fourth-order valence-electron chi connectivity index (χ4n) is 3.45. The molecule has 0 radical (unpaired) electrons. The van der Waals surface area contributed by atoms with Gasteiger partial charge in [-0.1, -0.05) is 13.8 Å². The topological polar surface area (TPSA) is 97.1 Å². The summed E-state index contributed by atoms with van der Waals surface area (Å²) in [5.74, 6) is -0.729. The van der Waals surface area contributed by atoms with Crippen molar-refractivity contribution in [2.24, 2.45) is 12.5 Å². The first kappa shape index (κ1) is 18.4. The van der Waals surface area contributed by atoms with Gasteiger partial charge in [0.1, 0.15) is 0 Å². The minimum atomic E-state index is -0.939. The Hall–Kier alpha value is -2.44. The molecule has 1 aliphatic rings. The van der Waals surface area contributed by atoms with Crippen LogP contribution >= 0.6 is 0 Å². The molecule has 7 heteroatoms. The van der Waals surface area contributed by atoms with Crippen molar-refractivity contribution in [3.63, 3.8) is 0 Å². The molecule has 0 saturated heterocycles. The summed E-state index contributed by atoms with van der Waals surface area (Å²) >= 11 is 0. The molecule has 2 N–H and O–H groups in total. The predicted octanol–water partition coefficient (Wildman–Crippen LogP) is 2.77. The summed E-state index contributed by atoms with van der Waals surface area (Å²) < 4.78 is 1.70. The monoisotopic (exact) mass is 358 g/mol. The lowest BCUT2D eigenvalue weighted by Crippen LogP contribution is -2.42. The zero-order valence-corrected chi connectivity index (χ0v) is 15.8. The third-order valence-corrected chi connectivity index (χ3v) is 5.62. The highest BCUT2D eigenvalue weighted by Crippen LogP contribution is 2.40. The first-order chi connectivity index (χ1) is 12.3. The largest absolute Gasteiger partial charge is 0.481 e. The second kappa shape index (κ2) is 6.70. The van der Waals surface area contributed by atoms with Crippen LogP contribution in [-0.4, -0.2) is 38.3 Å². The Morgan fingerprint density at radius 1 is 1.35 bits per heavy atom. The van der Waals surface area contributed by atoms with Gasteiger partial charge in [-0.3, -0.25) is 14.3 Å². The number of aryl methyl sites for hydroxylation is 2. The van der Waals surface area contributed by atoms with Crippen molar-refractivity contribution in [1.82, 2.24) is 20.1 Å². The predicted molar refractivity (Wildman–Crippen MR) is 98.2 cm³/mol. The van der Waals surface area contributed by atoms with E-state index >= 15 is 0 Å². The number of hydrogen-bond donors (Lipinski definition) is 2. The SMILES string of the molecule is CCC(CC)(CNC(=O)c1cc(C2CC2)nc2c1c(C)nn2C)C(=O)O. The maximum atomic E-state index is 12.9. The maximum Gasteiger partial charge on any atom is 0.311 e. The summed E-state index contributed by atoms with van der Waals surface area (Å²) in [7, 11) is 1.82. The van der Waals surface area contributed by atoms with Gasteiger partial charge in [-0.05, 0) is 38.7 Å². The Kier molecular flexibility index (Phi) is 4.73. The van der Waals surface area contributed by atoms with Crippen LogP contribution in [0.1, 0.15) is 67.2 Å². The van der Waals surface area contributed by atoms with Crippen LogP contribution < -0.4 is 5.32 Å². The molecule has 0 atom stereocenters. The Labute approximate surface area is 152 Å². The fraction of sp³-hybridized carbons (Fsp3) is 0.579. The van der Waals surface area contributed by atoms with Crippen LogP contribution in [0.3, 0.4) is 0 Å². The average Bonchev–Trinajstić information content (AvgIpc) is 3.42. The van der Waals surface area contributed by atoms with E-state index in [1.165, 1.54) is 0 Å². The van der Waals surface area contributed by atoms with Crippen molar-refractivity contribution in [3.05, 3.63) is 23.0 Å². The molecular weight excluding hydrogens is 332 g/mol. The number of hydrogen-bond acceptors (Lipinski definition) is 4. The van der Waals surface area contributed by atoms with Crippen molar-refractivity contribution >= 4 is 22.9 Å². The van der Waals surface area contributed by atoms with Gasteiger partial charge in [0.2, 0.25) is 0 Å². The zero-order chi connectivity index (χ0) is 19.1. The molecule has 2 aromatic heterocycles. The molecule has 26 heavy (non-hydrogen) atoms. The average molecular weight is 358 g/mol. The quantitative estimate of drug-likeness (QED) is 0.793. The number of carbonyl (C=O) groups is 2. The number of aliphatic carboxylic acids is 1. The van der Waals surface area contributed by atoms with Gasteiger partial charge in [0.05, 0.1) is 22.1 Å². The highest BCUT2D eigenvalue weighted by molar-refractivity contribution is 6.06. The van der Waals surface area contributed by atoms with Gasteiger partial charge in [-0.25, -0.2) is 4.98 Å². The van der Waals surface area contributed by atoms with Crippen LogP contribution in [-0.2, 0) is 11.8 Å². The summed E-state index contributed by atoms with van der Waals surface area (Å²) in [5.41, 5.74) is 1.96. The van der Waals surface area contributed by atoms with Gasteiger partial charge in [-0.2, -0.15) is 5.10 Å². The molecule has 1 saturated carbocycles. The molecule has 0 bridgehead atoms. The van der Waals surface area contributed by atoms with E-state index in [-0.39, 0.29) is 12.5 Å². The first-order valence-electron chi connectivity index (χ1n) is 9.18. The van der Waals surface area contributed by atoms with E-state index in [2.05, 4.69) is 10.4 Å². The molecule has 3 rings (SSSR count). The molecule has 2 heterocycles. The molecule has 0 aliphatic heterocycles. The molecule has 2 aromatic rings. The zero-order valence-electron chi connectivity index (χ0n) is 15.8. The summed E-state index contributed by atoms with van der Waals surface area (Å²) in [5, 5.41) is 17.6. The van der Waals surface area contributed by atoms with Crippen LogP contribution in [0.2, 0.25) is 0 Å². The molecule has 0 spiro atoms. The number of nitrogens with zero attached hydrogens (tertiary/aromatic N) is 3. The standard InChI is InChI=1S/C19H26N4O3/c1-5-19(6-2,18(25)26)10-20-17(24)13-9-14(12-7-8-12)21-16-15(13)11(3)22-23(16)4/h9,12H,5-8,10H2,1-4H3,(H,20,24)(H,25,26). The van der Waals surface area contributed by atoms with Crippen LogP contribution in [0, 0.1) is 12.3 Å². The van der Waals surface area contributed by atoms with Crippen LogP contribution in [0.5, 0.6) is 0 Å². The lowest BCUT2D eigenvalue weighted by molar-refractivity contribution is -0.149. The van der Waals surface area contributed by atoms with Gasteiger partial charge in [0, 0.05) is 25.2 Å². The summed E-state index contributed by atoms with van der Waals surface area (Å²) in [4.78, 5) is 29.3. The number of nitrogens with one attached hydrogen (secondary N) is 1. The smallest absolute Gasteiger partial charge is 0.311 e. The number of carbonyl (C=O) groups excluding carboxylic acids is 1. The summed E-state index contributed by atoms with van der Waals surface area (Å²) in [6.07, 6.45) is 3.10. The van der Waals surface area contributed by atoms with Gasteiger partial charge in [-0.15, -0.1) is 0 Å². The first-order valence-corrected chi connectivity index (χ1v) is 9.18. The maximum absolute atomic E-state index is 12.9. The Balaban J connectivity index is 1.96. The molecule has 0 unspecified atom stereocenters. The molecule has 7 nitrogen and oxygen atoms in total. The van der Waals surface area contributed by atoms with Crippen LogP contribution in [0.25, 0.3) is 11.0 Å². The Morgan fingerprint density at radius 2 is 2.00 bits per heavy atom. The molecule has 1 amide bonds. The third kappa shape index (κ3) is 3.06. The Morgan fingerprint density at radius 3 is 2.54 bits per heavy atom. The molecule has 0 aromatic carbocycles. The number of carboxylic acid groups (broad SMARTS) is 1. The summed E-state index contributed by atoms with van der Waals surface area (Å²) in [6, 6.07) is 1.85. The normalized spacial score (nSPS) is 14.6. The summed E-state index contributed by atoms with van der Waals surface area (Å²) in [6.45, 7) is 5.64. The van der Waals surface area contributed by atoms with Crippen molar-refractivity contribution < 1.29 is 14.7 Å². The minimum Gasteiger partial charge on any atom is -0.481 e. The molecule has 1 aliphatic carbocycles. The highest BCUT2D eigenvalue weighted by Gasteiger charge is 2.35. The fourth-order valence-corrected chi connectivity index (χ4v) is 3.45. The number of amides is 1. The molecular formula is C19H26N4O3. The van der Waals surface area contributed by atoms with Crippen LogP contribution in [0.15, 0.2) is 6.07 Å². The molecule has 140 valence electrons. The number of carboxylic acids is 1. The lowest BCUT2D eigenvalue weighted by Gasteiger charge is -2.26. The van der Waals surface area contributed by atoms with E-state index in [1.807, 2.05) is 33.9 Å². The lowest BCUT2D eigenvalue weighted by atomic mass is 9.82. The minimum absolute atomic E-state index is 0.107. The van der Waals surface area contributed by atoms with Crippen LogP contribution in [0.4, 0.5) is 0 Å².